The van der Waals surface area contributed by atoms with Gasteiger partial charge in [-0.3, -0.25) is 4.99 Å². The first-order chi connectivity index (χ1) is 15.2. The lowest BCUT2D eigenvalue weighted by molar-refractivity contribution is 0.435. The second kappa shape index (κ2) is 10.8. The lowest BCUT2D eigenvalue weighted by Gasteiger charge is -2.38. The third kappa shape index (κ3) is 6.02. The molecule has 0 radical (unpaired) electrons. The van der Waals surface area contributed by atoms with Gasteiger partial charge in [0.15, 0.2) is 5.17 Å². The van der Waals surface area contributed by atoms with E-state index >= 15 is 0 Å². The fourth-order valence-electron chi connectivity index (χ4n) is 3.88. The summed E-state index contributed by atoms with van der Waals surface area (Å²) in [7, 11) is -4.89. The van der Waals surface area contributed by atoms with Crippen LogP contribution in [0, 0.1) is 0 Å². The van der Waals surface area contributed by atoms with Crippen LogP contribution in [0.3, 0.4) is 0 Å². The fraction of sp³-hybridized carbons (Fsp3) is 0.591. The Labute approximate surface area is 198 Å². The van der Waals surface area contributed by atoms with Crippen molar-refractivity contribution in [2.24, 2.45) is 4.99 Å². The predicted molar refractivity (Wildman–Crippen MR) is 140 cm³/mol. The summed E-state index contributed by atoms with van der Waals surface area (Å²) >= 11 is 1.67. The van der Waals surface area contributed by atoms with Crippen molar-refractivity contribution in [1.82, 2.24) is 4.90 Å². The number of sulfonamides is 1. The van der Waals surface area contributed by atoms with E-state index in [1.807, 2.05) is 12.1 Å². The third-order valence-electron chi connectivity index (χ3n) is 5.85. The topological polar surface area (TPSA) is 96.1 Å². The number of hydrogen-bond acceptors (Lipinski definition) is 5. The molecule has 180 valence electrons. The molecule has 0 aromatic heterocycles. The van der Waals surface area contributed by atoms with Gasteiger partial charge in [0.1, 0.15) is 0 Å². The normalized spacial score (nSPS) is 22.7. The maximum absolute atomic E-state index is 12.6. The summed E-state index contributed by atoms with van der Waals surface area (Å²) in [6.45, 7) is 4.07. The van der Waals surface area contributed by atoms with E-state index in [1.165, 1.54) is 26.2 Å². The summed E-state index contributed by atoms with van der Waals surface area (Å²) in [6, 6.07) is 7.54. The molecule has 1 heterocycles. The molecular formula is C22H36N3O4S3+. The van der Waals surface area contributed by atoms with Gasteiger partial charge < -0.3 is 9.45 Å². The molecule has 10 heteroatoms. The van der Waals surface area contributed by atoms with Crippen LogP contribution < -0.4 is 3.71 Å². The highest BCUT2D eigenvalue weighted by atomic mass is 32.3. The molecule has 7 nitrogen and oxygen atoms in total. The Morgan fingerprint density at radius 1 is 1.16 bits per heavy atom. The second-order valence-corrected chi connectivity index (χ2v) is 13.8. The molecule has 1 aromatic rings. The second-order valence-electron chi connectivity index (χ2n) is 8.21. The van der Waals surface area contributed by atoms with E-state index in [0.717, 1.165) is 45.2 Å². The molecule has 1 atom stereocenters. The standard InChI is InChI=1S/C22H35N3O4S3/c1-4-31(26,27)25(32(28,29)5-2)20-15-13-18(14-16-20)21-12-9-17-24(3)22(30-21)23-19-10-7-6-8-11-19/h12-16,19,26-27H,4-11,17H2,1-3H3/p+1. The van der Waals surface area contributed by atoms with Crippen molar-refractivity contribution in [3.05, 3.63) is 35.9 Å². The summed E-state index contributed by atoms with van der Waals surface area (Å²) in [6.07, 6.45) is 9.23. The number of benzene rings is 1. The lowest BCUT2D eigenvalue weighted by Crippen LogP contribution is -2.36. The number of rotatable bonds is 7. The Balaban J connectivity index is 1.86. The Morgan fingerprint density at radius 2 is 1.81 bits per heavy atom. The van der Waals surface area contributed by atoms with E-state index < -0.39 is 20.8 Å². The number of nitrogens with zero attached hydrogens (tertiary/aromatic N) is 3. The molecule has 0 amide bonds. The molecule has 2 aliphatic rings. The largest absolute Gasteiger partial charge is 0.354 e. The molecule has 32 heavy (non-hydrogen) atoms. The van der Waals surface area contributed by atoms with Crippen molar-refractivity contribution < 1.29 is 17.5 Å². The minimum Gasteiger partial charge on any atom is -0.354 e. The van der Waals surface area contributed by atoms with E-state index in [9.17, 15) is 13.0 Å². The zero-order valence-corrected chi connectivity index (χ0v) is 21.6. The summed E-state index contributed by atoms with van der Waals surface area (Å²) in [5.41, 5.74) is 1.32. The van der Waals surface area contributed by atoms with Gasteiger partial charge in [0.2, 0.25) is 0 Å². The van der Waals surface area contributed by atoms with Gasteiger partial charge in [0, 0.05) is 18.5 Å². The van der Waals surface area contributed by atoms with Crippen molar-refractivity contribution >= 4 is 48.3 Å². The maximum Gasteiger partial charge on any atom is 0.255 e. The van der Waals surface area contributed by atoms with Gasteiger partial charge in [-0.2, -0.15) is 0 Å². The highest BCUT2D eigenvalue weighted by molar-refractivity contribution is 8.32. The molecule has 0 saturated heterocycles. The molecule has 1 aliphatic heterocycles. The maximum atomic E-state index is 12.6. The first kappa shape index (κ1) is 25.4. The van der Waals surface area contributed by atoms with Gasteiger partial charge in [-0.25, -0.2) is 13.0 Å². The number of aliphatic imine (C=N–C) groups is 1. The monoisotopic (exact) mass is 502 g/mol. The third-order valence-corrected chi connectivity index (χ3v) is 11.5. The van der Waals surface area contributed by atoms with Crippen molar-refractivity contribution in [2.75, 3.05) is 28.8 Å². The minimum absolute atomic E-state index is 0.0440. The number of anilines is 1. The van der Waals surface area contributed by atoms with Gasteiger partial charge in [-0.05, 0) is 61.6 Å². The van der Waals surface area contributed by atoms with Crippen LogP contribution >= 0.6 is 22.5 Å². The smallest absolute Gasteiger partial charge is 0.255 e. The van der Waals surface area contributed by atoms with E-state index in [4.69, 9.17) is 9.55 Å². The predicted octanol–water partition coefficient (Wildman–Crippen LogP) is 4.79. The molecule has 0 bridgehead atoms. The zero-order chi connectivity index (χ0) is 23.4. The van der Waals surface area contributed by atoms with Crippen LogP contribution in [0.15, 0.2) is 35.3 Å². The van der Waals surface area contributed by atoms with E-state index in [-0.39, 0.29) is 11.5 Å². The highest BCUT2D eigenvalue weighted by Gasteiger charge is 2.35. The Morgan fingerprint density at radius 3 is 2.41 bits per heavy atom. The van der Waals surface area contributed by atoms with E-state index in [0.29, 0.717) is 11.7 Å². The molecule has 1 saturated carbocycles. The molecular weight excluding hydrogens is 466 g/mol. The number of hydrogen-bond donors (Lipinski definition) is 1. The quantitative estimate of drug-likeness (QED) is 0.541. The summed E-state index contributed by atoms with van der Waals surface area (Å²) in [4.78, 5) is 8.39. The van der Waals surface area contributed by atoms with Crippen LogP contribution in [0.5, 0.6) is 0 Å². The van der Waals surface area contributed by atoms with E-state index in [1.54, 1.807) is 30.8 Å². The number of amidine groups is 1. The van der Waals surface area contributed by atoms with Gasteiger partial charge in [-0.1, -0.05) is 49.2 Å². The van der Waals surface area contributed by atoms with Crippen LogP contribution in [0.4, 0.5) is 5.69 Å². The number of thioether (sulfide) groups is 1. The van der Waals surface area contributed by atoms with Crippen molar-refractivity contribution in [3.63, 3.8) is 0 Å². The van der Waals surface area contributed by atoms with Crippen LogP contribution in [0.1, 0.15) is 57.9 Å². The van der Waals surface area contributed by atoms with Crippen LogP contribution in [0.25, 0.3) is 4.91 Å². The molecule has 1 unspecified atom stereocenters. The minimum atomic E-state index is -3.77. The average molecular weight is 503 g/mol. The van der Waals surface area contributed by atoms with Gasteiger partial charge in [0.05, 0.1) is 23.2 Å². The van der Waals surface area contributed by atoms with Gasteiger partial charge >= 0.3 is 0 Å². The fourth-order valence-corrected chi connectivity index (χ4v) is 8.49. The van der Waals surface area contributed by atoms with E-state index in [2.05, 4.69) is 18.0 Å². The molecule has 1 aromatic carbocycles. The van der Waals surface area contributed by atoms with Crippen molar-refractivity contribution in [2.45, 2.75) is 58.4 Å². The molecule has 0 spiro atoms. The van der Waals surface area contributed by atoms with Crippen LogP contribution in [-0.4, -0.2) is 58.7 Å². The highest BCUT2D eigenvalue weighted by Crippen LogP contribution is 2.48. The van der Waals surface area contributed by atoms with Gasteiger partial charge in [-0.15, -0.1) is 3.71 Å². The molecule has 3 N–H and O–H groups in total. The Kier molecular flexibility index (Phi) is 8.59. The van der Waals surface area contributed by atoms with Crippen molar-refractivity contribution in [1.29, 1.82) is 0 Å². The zero-order valence-electron chi connectivity index (χ0n) is 19.2. The first-order valence-electron chi connectivity index (χ1n) is 11.3. The van der Waals surface area contributed by atoms with Gasteiger partial charge in [0.25, 0.3) is 10.0 Å². The average Bonchev–Trinajstić information content (AvgIpc) is 2.96. The molecule has 1 aliphatic carbocycles. The lowest BCUT2D eigenvalue weighted by atomic mass is 9.96. The van der Waals surface area contributed by atoms with Crippen molar-refractivity contribution in [3.8, 4) is 0 Å². The molecule has 1 fully saturated rings. The van der Waals surface area contributed by atoms with Crippen LogP contribution in [0.2, 0.25) is 0 Å². The Bertz CT molecular complexity index is 940. The Hall–Kier alpha value is -1.20. The first-order valence-corrected chi connectivity index (χ1v) is 15.4. The summed E-state index contributed by atoms with van der Waals surface area (Å²) in [5, 5.41) is 1.04. The summed E-state index contributed by atoms with van der Waals surface area (Å²) < 4.78 is 44.9. The SMILES string of the molecule is CCS(O)([OH2+])N(c1ccc(C2=CCCN(C)C(=NC3CCCCC3)S2)cc1)S(=O)(=O)CC. The summed E-state index contributed by atoms with van der Waals surface area (Å²) in [5.74, 6) is -0.125. The molecule has 3 rings (SSSR count). The van der Waals surface area contributed by atoms with Crippen LogP contribution in [-0.2, 0) is 10.0 Å².